The van der Waals surface area contributed by atoms with Crippen molar-refractivity contribution in [1.29, 1.82) is 0 Å². The third-order valence-electron chi connectivity index (χ3n) is 7.64. The quantitative estimate of drug-likeness (QED) is 0.343. The number of alkyl halides is 5. The molecule has 2 aliphatic rings. The number of halogens is 6. The normalized spacial score (nSPS) is 29.6. The van der Waals surface area contributed by atoms with E-state index in [-0.39, 0.29) is 55.0 Å². The lowest BCUT2D eigenvalue weighted by molar-refractivity contribution is -0.137. The first-order chi connectivity index (χ1) is 18.1. The summed E-state index contributed by atoms with van der Waals surface area (Å²) in [6.45, 7) is 3.36. The highest BCUT2D eigenvalue weighted by Crippen LogP contribution is 2.44. The first-order valence-corrected chi connectivity index (χ1v) is 12.7. The molecule has 12 heteroatoms. The fraction of sp³-hybridized carbons (Fsp3) is 0.519. The number of aliphatic hydroxyl groups is 2. The van der Waals surface area contributed by atoms with Crippen LogP contribution in [-0.2, 0) is 11.8 Å². The SMILES string of the molecule is CC1CC(O)(c2ccc(C(F)(F)F)cc2)CC(COc2cc(C(F)F)c3c(c2)c(F)nn3C2CC(C)(O)C2)N1. The molecule has 0 radical (unpaired) electrons. The highest BCUT2D eigenvalue weighted by molar-refractivity contribution is 5.85. The van der Waals surface area contributed by atoms with Gasteiger partial charge in [-0.1, -0.05) is 12.1 Å². The van der Waals surface area contributed by atoms with Crippen molar-refractivity contribution in [1.82, 2.24) is 15.1 Å². The zero-order valence-corrected chi connectivity index (χ0v) is 21.3. The monoisotopic (exact) mass is 557 g/mol. The average Bonchev–Trinajstić information content (AvgIpc) is 3.15. The summed E-state index contributed by atoms with van der Waals surface area (Å²) in [6.07, 6.45) is -6.57. The Morgan fingerprint density at radius 3 is 2.36 bits per heavy atom. The van der Waals surface area contributed by atoms with Crippen LogP contribution in [0.5, 0.6) is 5.75 Å². The van der Waals surface area contributed by atoms with Crippen LogP contribution in [0.4, 0.5) is 26.3 Å². The first kappa shape index (κ1) is 27.7. The zero-order valence-electron chi connectivity index (χ0n) is 21.3. The largest absolute Gasteiger partial charge is 0.492 e. The van der Waals surface area contributed by atoms with E-state index >= 15 is 0 Å². The number of nitrogens with zero attached hydrogens (tertiary/aromatic N) is 2. The van der Waals surface area contributed by atoms with Crippen LogP contribution in [0, 0.1) is 5.95 Å². The van der Waals surface area contributed by atoms with Gasteiger partial charge < -0.3 is 20.3 Å². The Morgan fingerprint density at radius 1 is 1.10 bits per heavy atom. The van der Waals surface area contributed by atoms with Gasteiger partial charge in [0.1, 0.15) is 12.4 Å². The lowest BCUT2D eigenvalue weighted by Gasteiger charge is -2.41. The molecule has 1 aliphatic carbocycles. The van der Waals surface area contributed by atoms with Crippen LogP contribution < -0.4 is 10.1 Å². The summed E-state index contributed by atoms with van der Waals surface area (Å²) in [4.78, 5) is 0. The number of fused-ring (bicyclic) bond motifs is 1. The topological polar surface area (TPSA) is 79.5 Å². The van der Waals surface area contributed by atoms with E-state index in [2.05, 4.69) is 10.4 Å². The van der Waals surface area contributed by atoms with Crippen molar-refractivity contribution in [3.63, 3.8) is 0 Å². The highest BCUT2D eigenvalue weighted by atomic mass is 19.4. The second-order valence-electron chi connectivity index (χ2n) is 11.1. The van der Waals surface area contributed by atoms with Gasteiger partial charge in [0.2, 0.25) is 5.95 Å². The van der Waals surface area contributed by atoms with Gasteiger partial charge >= 0.3 is 6.18 Å². The minimum Gasteiger partial charge on any atom is -0.492 e. The van der Waals surface area contributed by atoms with E-state index in [0.717, 1.165) is 18.2 Å². The summed E-state index contributed by atoms with van der Waals surface area (Å²) in [5.41, 5.74) is -3.37. The number of benzene rings is 2. The average molecular weight is 558 g/mol. The third kappa shape index (κ3) is 5.46. The molecule has 1 aliphatic heterocycles. The molecule has 2 fully saturated rings. The number of hydrogen-bond donors (Lipinski definition) is 3. The van der Waals surface area contributed by atoms with Crippen molar-refractivity contribution in [3.05, 3.63) is 59.0 Å². The first-order valence-electron chi connectivity index (χ1n) is 12.7. The standard InChI is InChI=1S/C27H29F6N3O3/c1-14-9-26(38,15-3-5-16(6-4-15)27(31,32)33)10-17(34-14)13-39-19-7-20(23(28)29)22-21(8-19)24(30)35-36(22)18-11-25(2,37)12-18/h3-8,14,17-18,23,34,37-38H,9-13H2,1-2H3. The van der Waals surface area contributed by atoms with Gasteiger partial charge in [-0.15, -0.1) is 5.10 Å². The molecule has 6 nitrogen and oxygen atoms in total. The van der Waals surface area contributed by atoms with Crippen molar-refractivity contribution >= 4 is 10.9 Å². The predicted octanol–water partition coefficient (Wildman–Crippen LogP) is 5.62. The van der Waals surface area contributed by atoms with Crippen molar-refractivity contribution in [2.24, 2.45) is 0 Å². The summed E-state index contributed by atoms with van der Waals surface area (Å²) in [5.74, 6) is -0.931. The van der Waals surface area contributed by atoms with Gasteiger partial charge in [-0.2, -0.15) is 17.6 Å². The van der Waals surface area contributed by atoms with Gasteiger partial charge in [0.05, 0.1) is 33.7 Å². The molecule has 0 amide bonds. The van der Waals surface area contributed by atoms with E-state index in [4.69, 9.17) is 4.74 Å². The Labute approximate surface area is 220 Å². The maximum Gasteiger partial charge on any atom is 0.416 e. The van der Waals surface area contributed by atoms with Crippen molar-refractivity contribution in [2.75, 3.05) is 6.61 Å². The molecular weight excluding hydrogens is 528 g/mol. The smallest absolute Gasteiger partial charge is 0.416 e. The molecule has 3 unspecified atom stereocenters. The second-order valence-corrected chi connectivity index (χ2v) is 11.1. The Hall–Kier alpha value is -2.83. The fourth-order valence-corrected chi connectivity index (χ4v) is 5.91. The van der Waals surface area contributed by atoms with Gasteiger partial charge in [-0.3, -0.25) is 4.68 Å². The van der Waals surface area contributed by atoms with Gasteiger partial charge in [0.25, 0.3) is 6.43 Å². The number of nitrogens with one attached hydrogen (secondary N) is 1. The van der Waals surface area contributed by atoms with Gasteiger partial charge in [0.15, 0.2) is 0 Å². The Morgan fingerprint density at radius 2 is 1.77 bits per heavy atom. The Bertz CT molecular complexity index is 1350. The van der Waals surface area contributed by atoms with Gasteiger partial charge in [0, 0.05) is 17.6 Å². The molecule has 0 spiro atoms. The molecule has 3 atom stereocenters. The van der Waals surface area contributed by atoms with Crippen LogP contribution in [0.1, 0.15) is 68.7 Å². The lowest BCUT2D eigenvalue weighted by Crippen LogP contribution is -2.53. The van der Waals surface area contributed by atoms with E-state index in [1.54, 1.807) is 6.92 Å². The minimum atomic E-state index is -4.50. The highest BCUT2D eigenvalue weighted by Gasteiger charge is 2.42. The molecule has 5 rings (SSSR count). The third-order valence-corrected chi connectivity index (χ3v) is 7.64. The van der Waals surface area contributed by atoms with E-state index in [1.807, 2.05) is 6.92 Å². The van der Waals surface area contributed by atoms with Crippen LogP contribution in [0.15, 0.2) is 36.4 Å². The van der Waals surface area contributed by atoms with Crippen LogP contribution >= 0.6 is 0 Å². The number of piperidine rings is 1. The predicted molar refractivity (Wildman–Crippen MR) is 130 cm³/mol. The summed E-state index contributed by atoms with van der Waals surface area (Å²) >= 11 is 0. The van der Waals surface area contributed by atoms with Crippen LogP contribution in [-0.4, -0.2) is 44.3 Å². The van der Waals surface area contributed by atoms with Crippen molar-refractivity contribution in [2.45, 2.75) is 81.5 Å². The van der Waals surface area contributed by atoms with E-state index in [0.29, 0.717) is 5.56 Å². The summed E-state index contributed by atoms with van der Waals surface area (Å²) in [7, 11) is 0. The molecule has 39 heavy (non-hydrogen) atoms. The number of rotatable bonds is 6. The van der Waals surface area contributed by atoms with E-state index in [1.165, 1.54) is 22.9 Å². The Kier molecular flexibility index (Phi) is 6.87. The molecule has 3 N–H and O–H groups in total. The van der Waals surface area contributed by atoms with Crippen LogP contribution in [0.25, 0.3) is 10.9 Å². The van der Waals surface area contributed by atoms with Crippen LogP contribution in [0.2, 0.25) is 0 Å². The molecule has 1 saturated carbocycles. The summed E-state index contributed by atoms with van der Waals surface area (Å²) in [5, 5.41) is 28.3. The van der Waals surface area contributed by atoms with E-state index in [9.17, 15) is 36.6 Å². The number of aromatic nitrogens is 2. The fourth-order valence-electron chi connectivity index (χ4n) is 5.91. The molecule has 2 heterocycles. The lowest BCUT2D eigenvalue weighted by atomic mass is 9.77. The molecule has 2 aromatic carbocycles. The molecular formula is C27H29F6N3O3. The molecule has 3 aromatic rings. The summed E-state index contributed by atoms with van der Waals surface area (Å²) in [6, 6.07) is 5.67. The molecule has 1 aromatic heterocycles. The molecule has 1 saturated heterocycles. The van der Waals surface area contributed by atoms with Crippen molar-refractivity contribution in [3.8, 4) is 5.75 Å². The minimum absolute atomic E-state index is 0.00467. The maximum absolute atomic E-state index is 14.8. The Balaban J connectivity index is 1.35. The van der Waals surface area contributed by atoms with Gasteiger partial charge in [-0.25, -0.2) is 8.78 Å². The zero-order chi connectivity index (χ0) is 28.3. The molecule has 212 valence electrons. The molecule has 0 bridgehead atoms. The number of ether oxygens (including phenoxy) is 1. The number of hydrogen-bond acceptors (Lipinski definition) is 5. The van der Waals surface area contributed by atoms with Gasteiger partial charge in [-0.05, 0) is 69.4 Å². The van der Waals surface area contributed by atoms with Crippen LogP contribution in [0.3, 0.4) is 0 Å². The summed E-state index contributed by atoms with van der Waals surface area (Å²) < 4.78 is 88.8. The second kappa shape index (κ2) is 9.67. The van der Waals surface area contributed by atoms with Crippen molar-refractivity contribution < 1.29 is 41.3 Å². The maximum atomic E-state index is 14.8. The van der Waals surface area contributed by atoms with E-state index < -0.39 is 53.0 Å².